The van der Waals surface area contributed by atoms with Crippen LogP contribution in [0.2, 0.25) is 0 Å². The van der Waals surface area contributed by atoms with Gasteiger partial charge < -0.3 is 24.8 Å². The molecule has 10 heteroatoms. The highest BCUT2D eigenvalue weighted by atomic mass is 16.5. The van der Waals surface area contributed by atoms with E-state index in [0.717, 1.165) is 5.52 Å². The highest BCUT2D eigenvalue weighted by Gasteiger charge is 2.15. The van der Waals surface area contributed by atoms with Crippen molar-refractivity contribution in [2.24, 2.45) is 0 Å². The fourth-order valence-electron chi connectivity index (χ4n) is 2.80. The number of aromatic nitrogens is 2. The number of aromatic amines is 1. The summed E-state index contributed by atoms with van der Waals surface area (Å²) in [7, 11) is 2.98. The number of hydrogen-bond acceptors (Lipinski definition) is 7. The van der Waals surface area contributed by atoms with Crippen molar-refractivity contribution in [1.29, 1.82) is 0 Å². The molecular weight excluding hydrogens is 404 g/mol. The number of hydrogen-bond donors (Lipinski definition) is 3. The van der Waals surface area contributed by atoms with Crippen molar-refractivity contribution in [3.05, 3.63) is 48.2 Å². The van der Waals surface area contributed by atoms with Crippen LogP contribution in [0, 0.1) is 0 Å². The van der Waals surface area contributed by atoms with Crippen LogP contribution < -0.4 is 20.1 Å². The summed E-state index contributed by atoms with van der Waals surface area (Å²) in [5.74, 6) is -0.568. The number of carbonyl (C=O) groups is 3. The molecule has 0 fully saturated rings. The maximum absolute atomic E-state index is 12.2. The van der Waals surface area contributed by atoms with Crippen LogP contribution in [0.5, 0.6) is 11.5 Å². The third kappa shape index (κ3) is 5.50. The first-order valence-electron chi connectivity index (χ1n) is 9.40. The van der Waals surface area contributed by atoms with E-state index in [4.69, 9.17) is 14.2 Å². The van der Waals surface area contributed by atoms with E-state index in [9.17, 15) is 14.4 Å². The Morgan fingerprint density at radius 3 is 2.65 bits per heavy atom. The highest BCUT2D eigenvalue weighted by Crippen LogP contribution is 2.28. The fourth-order valence-corrected chi connectivity index (χ4v) is 2.80. The monoisotopic (exact) mass is 426 g/mol. The van der Waals surface area contributed by atoms with Gasteiger partial charge >= 0.3 is 5.97 Å². The fraction of sp³-hybridized carbons (Fsp3) is 0.238. The number of nitrogens with one attached hydrogen (secondary N) is 3. The van der Waals surface area contributed by atoms with Crippen LogP contribution in [0.1, 0.15) is 16.9 Å². The van der Waals surface area contributed by atoms with E-state index >= 15 is 0 Å². The molecule has 1 heterocycles. The van der Waals surface area contributed by atoms with Crippen LogP contribution in [0.15, 0.2) is 42.5 Å². The number of amides is 2. The summed E-state index contributed by atoms with van der Waals surface area (Å²) in [6, 6.07) is 12.1. The van der Waals surface area contributed by atoms with Gasteiger partial charge in [0.15, 0.2) is 12.3 Å². The molecule has 0 aliphatic rings. The van der Waals surface area contributed by atoms with Crippen molar-refractivity contribution >= 4 is 34.4 Å². The zero-order chi connectivity index (χ0) is 22.2. The van der Waals surface area contributed by atoms with E-state index in [1.54, 1.807) is 30.3 Å². The minimum Gasteiger partial charge on any atom is -0.497 e. The van der Waals surface area contributed by atoms with Crippen molar-refractivity contribution in [1.82, 2.24) is 15.5 Å². The summed E-state index contributed by atoms with van der Waals surface area (Å²) < 4.78 is 15.2. The van der Waals surface area contributed by atoms with Crippen molar-refractivity contribution in [2.45, 2.75) is 6.42 Å². The summed E-state index contributed by atoms with van der Waals surface area (Å²) in [6.45, 7) is -0.418. The number of benzene rings is 2. The molecule has 0 radical (unpaired) electrons. The SMILES string of the molecule is COc1ccc(NC(=O)COC(=O)CCNC(=O)c2n[nH]c3ccccc23)c(OC)c1. The molecule has 162 valence electrons. The average Bonchev–Trinajstić information content (AvgIpc) is 3.22. The largest absolute Gasteiger partial charge is 0.497 e. The summed E-state index contributed by atoms with van der Waals surface area (Å²) in [5, 5.41) is 12.7. The molecule has 0 aliphatic carbocycles. The van der Waals surface area contributed by atoms with Gasteiger partial charge in [0, 0.05) is 18.0 Å². The number of H-pyrrole nitrogens is 1. The van der Waals surface area contributed by atoms with Crippen LogP contribution in [0.25, 0.3) is 10.9 Å². The van der Waals surface area contributed by atoms with Gasteiger partial charge in [0.05, 0.1) is 31.8 Å². The van der Waals surface area contributed by atoms with Gasteiger partial charge in [-0.3, -0.25) is 19.5 Å². The Kier molecular flexibility index (Phi) is 7.05. The second-order valence-electron chi connectivity index (χ2n) is 6.40. The summed E-state index contributed by atoms with van der Waals surface area (Å²) in [6.07, 6.45) is -0.0900. The van der Waals surface area contributed by atoms with Gasteiger partial charge in [0.2, 0.25) is 0 Å². The highest BCUT2D eigenvalue weighted by molar-refractivity contribution is 6.04. The lowest BCUT2D eigenvalue weighted by molar-refractivity contribution is -0.147. The molecule has 0 unspecified atom stereocenters. The molecule has 10 nitrogen and oxygen atoms in total. The van der Waals surface area contributed by atoms with E-state index in [2.05, 4.69) is 20.8 Å². The standard InChI is InChI=1S/C21H22N4O6/c1-29-13-7-8-16(17(11-13)30-2)23-18(26)12-31-19(27)9-10-22-21(28)20-14-5-3-4-6-15(14)24-25-20/h3-8,11H,9-10,12H2,1-2H3,(H,22,28)(H,23,26)(H,24,25). The number of para-hydroxylation sites is 1. The molecule has 2 amide bonds. The van der Waals surface area contributed by atoms with Crippen molar-refractivity contribution in [3.63, 3.8) is 0 Å². The van der Waals surface area contributed by atoms with Crippen molar-refractivity contribution in [2.75, 3.05) is 32.7 Å². The van der Waals surface area contributed by atoms with E-state index in [-0.39, 0.29) is 18.7 Å². The molecule has 3 N–H and O–H groups in total. The Labute approximate surface area is 177 Å². The Balaban J connectivity index is 1.42. The molecule has 0 saturated heterocycles. The first-order chi connectivity index (χ1) is 15.0. The lowest BCUT2D eigenvalue weighted by Crippen LogP contribution is -2.28. The zero-order valence-corrected chi connectivity index (χ0v) is 17.1. The Hall–Kier alpha value is -4.08. The molecule has 2 aromatic carbocycles. The molecule has 0 aliphatic heterocycles. The summed E-state index contributed by atoms with van der Waals surface area (Å²) in [5.41, 5.74) is 1.41. The predicted molar refractivity (Wildman–Crippen MR) is 112 cm³/mol. The average molecular weight is 426 g/mol. The smallest absolute Gasteiger partial charge is 0.308 e. The quantitative estimate of drug-likeness (QED) is 0.445. The molecule has 0 saturated carbocycles. The molecule has 31 heavy (non-hydrogen) atoms. The van der Waals surface area contributed by atoms with E-state index in [1.165, 1.54) is 14.2 Å². The number of fused-ring (bicyclic) bond motifs is 1. The molecule has 3 rings (SSSR count). The molecule has 0 atom stereocenters. The lowest BCUT2D eigenvalue weighted by atomic mass is 10.2. The maximum atomic E-state index is 12.2. The summed E-state index contributed by atoms with van der Waals surface area (Å²) in [4.78, 5) is 36.2. The second kappa shape index (κ2) is 10.1. The topological polar surface area (TPSA) is 132 Å². The van der Waals surface area contributed by atoms with Crippen molar-refractivity contribution < 1.29 is 28.6 Å². The van der Waals surface area contributed by atoms with E-state index in [0.29, 0.717) is 22.6 Å². The number of nitrogens with zero attached hydrogens (tertiary/aromatic N) is 1. The maximum Gasteiger partial charge on any atom is 0.308 e. The third-order valence-electron chi connectivity index (χ3n) is 4.35. The van der Waals surface area contributed by atoms with E-state index < -0.39 is 24.4 Å². The molecule has 0 spiro atoms. The van der Waals surface area contributed by atoms with Gasteiger partial charge in [-0.15, -0.1) is 0 Å². The second-order valence-corrected chi connectivity index (χ2v) is 6.40. The number of methoxy groups -OCH3 is 2. The Morgan fingerprint density at radius 1 is 1.06 bits per heavy atom. The van der Waals surface area contributed by atoms with Gasteiger partial charge in [-0.05, 0) is 18.2 Å². The normalized spacial score (nSPS) is 10.4. The predicted octanol–water partition coefficient (Wildman–Crippen LogP) is 1.88. The first kappa shape index (κ1) is 21.6. The number of ether oxygens (including phenoxy) is 3. The van der Waals surface area contributed by atoms with Crippen molar-refractivity contribution in [3.8, 4) is 11.5 Å². The molecule has 1 aromatic heterocycles. The van der Waals surface area contributed by atoms with Gasteiger partial charge in [0.1, 0.15) is 11.5 Å². The molecule has 3 aromatic rings. The van der Waals surface area contributed by atoms with Gasteiger partial charge in [-0.25, -0.2) is 0 Å². The van der Waals surface area contributed by atoms with Crippen LogP contribution in [0.4, 0.5) is 5.69 Å². The minimum absolute atomic E-state index is 0.0484. The lowest BCUT2D eigenvalue weighted by Gasteiger charge is -2.12. The van der Waals surface area contributed by atoms with Gasteiger partial charge in [-0.2, -0.15) is 5.10 Å². The van der Waals surface area contributed by atoms with Gasteiger partial charge in [-0.1, -0.05) is 18.2 Å². The minimum atomic E-state index is -0.621. The van der Waals surface area contributed by atoms with Crippen LogP contribution in [-0.2, 0) is 14.3 Å². The number of carbonyl (C=O) groups excluding carboxylic acids is 3. The molecular formula is C21H22N4O6. The number of anilines is 1. The van der Waals surface area contributed by atoms with Gasteiger partial charge in [0.25, 0.3) is 11.8 Å². The van der Waals surface area contributed by atoms with Crippen LogP contribution >= 0.6 is 0 Å². The number of esters is 1. The van der Waals surface area contributed by atoms with E-state index in [1.807, 2.05) is 12.1 Å². The first-order valence-corrected chi connectivity index (χ1v) is 9.40. The summed E-state index contributed by atoms with van der Waals surface area (Å²) >= 11 is 0. The Morgan fingerprint density at radius 2 is 1.87 bits per heavy atom. The zero-order valence-electron chi connectivity index (χ0n) is 17.1. The third-order valence-corrected chi connectivity index (χ3v) is 4.35. The number of rotatable bonds is 9. The van der Waals surface area contributed by atoms with Crippen LogP contribution in [-0.4, -0.2) is 55.4 Å². The molecule has 0 bridgehead atoms. The Bertz CT molecular complexity index is 1090. The van der Waals surface area contributed by atoms with Crippen LogP contribution in [0.3, 0.4) is 0 Å².